The smallest absolute Gasteiger partial charge is 0.394 e. The zero-order valence-electron chi connectivity index (χ0n) is 11.3. The predicted octanol–water partition coefficient (Wildman–Crippen LogP) is 2.24. The van der Waals surface area contributed by atoms with E-state index >= 15 is 0 Å². The molecule has 2 unspecified atom stereocenters. The van der Waals surface area contributed by atoms with Gasteiger partial charge in [0.1, 0.15) is 6.17 Å². The summed E-state index contributed by atoms with van der Waals surface area (Å²) in [5.74, 6) is -6.42. The Morgan fingerprint density at radius 2 is 1.81 bits per heavy atom. The molecule has 0 aromatic carbocycles. The number of hydrogen-bond donors (Lipinski definition) is 1. The van der Waals surface area contributed by atoms with Gasteiger partial charge in [-0.25, -0.2) is 4.39 Å². The molecule has 21 heavy (non-hydrogen) atoms. The second-order valence-corrected chi connectivity index (χ2v) is 5.80. The fourth-order valence-electron chi connectivity index (χ4n) is 3.18. The first-order valence-corrected chi connectivity index (χ1v) is 6.92. The molecule has 1 aliphatic heterocycles. The lowest BCUT2D eigenvalue weighted by Crippen LogP contribution is -2.38. The highest BCUT2D eigenvalue weighted by atomic mass is 19.4. The third-order valence-electron chi connectivity index (χ3n) is 4.33. The van der Waals surface area contributed by atoms with E-state index in [1.54, 1.807) is 0 Å². The summed E-state index contributed by atoms with van der Waals surface area (Å²) >= 11 is 0. The van der Waals surface area contributed by atoms with E-state index < -0.39 is 55.1 Å². The Morgan fingerprint density at radius 1 is 1.14 bits per heavy atom. The van der Waals surface area contributed by atoms with Gasteiger partial charge in [-0.3, -0.25) is 9.59 Å². The second kappa shape index (κ2) is 5.81. The number of amides is 1. The lowest BCUT2D eigenvalue weighted by Gasteiger charge is -2.28. The van der Waals surface area contributed by atoms with Crippen molar-refractivity contribution >= 4 is 11.9 Å². The van der Waals surface area contributed by atoms with Gasteiger partial charge in [-0.2, -0.15) is 13.2 Å². The van der Waals surface area contributed by atoms with Crippen LogP contribution in [-0.2, 0) is 9.59 Å². The van der Waals surface area contributed by atoms with Crippen molar-refractivity contribution in [2.75, 3.05) is 13.1 Å². The van der Waals surface area contributed by atoms with Crippen molar-refractivity contribution in [2.24, 2.45) is 17.8 Å². The van der Waals surface area contributed by atoms with Crippen LogP contribution in [0.5, 0.6) is 0 Å². The van der Waals surface area contributed by atoms with Crippen LogP contribution in [0.2, 0.25) is 0 Å². The number of halogens is 4. The summed E-state index contributed by atoms with van der Waals surface area (Å²) in [6.07, 6.45) is -4.41. The summed E-state index contributed by atoms with van der Waals surface area (Å²) in [5.41, 5.74) is 0. The molecule has 120 valence electrons. The molecule has 2 rings (SSSR count). The van der Waals surface area contributed by atoms with Crippen LogP contribution in [0.25, 0.3) is 0 Å². The fraction of sp³-hybridized carbons (Fsp3) is 0.846. The Balaban J connectivity index is 2.07. The maximum absolute atomic E-state index is 13.3. The lowest BCUT2D eigenvalue weighted by molar-refractivity contribution is -0.188. The molecule has 1 saturated heterocycles. The zero-order valence-corrected chi connectivity index (χ0v) is 11.3. The van der Waals surface area contributed by atoms with Gasteiger partial charge in [0.15, 0.2) is 0 Å². The predicted molar refractivity (Wildman–Crippen MR) is 64.1 cm³/mol. The molecule has 0 aromatic rings. The number of aliphatic carboxylic acids is 1. The molecular formula is C13H17F4NO3. The van der Waals surface area contributed by atoms with Gasteiger partial charge in [0.05, 0.1) is 11.8 Å². The zero-order chi connectivity index (χ0) is 15.8. The highest BCUT2D eigenvalue weighted by Gasteiger charge is 2.54. The van der Waals surface area contributed by atoms with Crippen LogP contribution in [0.15, 0.2) is 0 Å². The van der Waals surface area contributed by atoms with Gasteiger partial charge in [-0.1, -0.05) is 0 Å². The first-order valence-electron chi connectivity index (χ1n) is 6.92. The minimum absolute atomic E-state index is 0.0176. The molecule has 2 aliphatic rings. The average Bonchev–Trinajstić information content (AvgIpc) is 2.83. The number of alkyl halides is 4. The van der Waals surface area contributed by atoms with Crippen LogP contribution >= 0.6 is 0 Å². The summed E-state index contributed by atoms with van der Waals surface area (Å²) in [6, 6.07) is 0. The van der Waals surface area contributed by atoms with Crippen molar-refractivity contribution in [2.45, 2.75) is 38.0 Å². The normalized spacial score (nSPS) is 34.0. The van der Waals surface area contributed by atoms with Crippen LogP contribution in [0.3, 0.4) is 0 Å². The minimum atomic E-state index is -4.66. The Bertz CT molecular complexity index is 426. The Labute approximate surface area is 119 Å². The third-order valence-corrected chi connectivity index (χ3v) is 4.33. The Kier molecular flexibility index (Phi) is 4.43. The maximum Gasteiger partial charge on any atom is 0.394 e. The van der Waals surface area contributed by atoms with Gasteiger partial charge in [-0.05, 0) is 25.7 Å². The molecule has 1 heterocycles. The SMILES string of the molecule is O=C(O)[C@@H]1CN(C(=O)C2CCCC(F)C2)C[C@H]1C(F)(F)F. The molecule has 4 nitrogen and oxygen atoms in total. The molecule has 1 aliphatic carbocycles. The van der Waals surface area contributed by atoms with Gasteiger partial charge in [0.25, 0.3) is 0 Å². The summed E-state index contributed by atoms with van der Waals surface area (Å²) in [5, 5.41) is 8.90. The number of hydrogen-bond acceptors (Lipinski definition) is 2. The summed E-state index contributed by atoms with van der Waals surface area (Å²) < 4.78 is 51.9. The van der Waals surface area contributed by atoms with Gasteiger partial charge >= 0.3 is 12.1 Å². The van der Waals surface area contributed by atoms with E-state index in [9.17, 15) is 27.2 Å². The van der Waals surface area contributed by atoms with Gasteiger partial charge in [0.2, 0.25) is 5.91 Å². The third kappa shape index (κ3) is 3.47. The van der Waals surface area contributed by atoms with E-state index in [1.165, 1.54) is 0 Å². The number of rotatable bonds is 2. The average molecular weight is 311 g/mol. The topological polar surface area (TPSA) is 57.6 Å². The van der Waals surface area contributed by atoms with Gasteiger partial charge in [0, 0.05) is 19.0 Å². The monoisotopic (exact) mass is 311 g/mol. The molecule has 0 spiro atoms. The first kappa shape index (κ1) is 16.0. The van der Waals surface area contributed by atoms with Crippen molar-refractivity contribution in [3.63, 3.8) is 0 Å². The highest BCUT2D eigenvalue weighted by molar-refractivity contribution is 5.81. The van der Waals surface area contributed by atoms with E-state index in [4.69, 9.17) is 5.11 Å². The van der Waals surface area contributed by atoms with Crippen molar-refractivity contribution in [1.29, 1.82) is 0 Å². The Morgan fingerprint density at radius 3 is 2.29 bits per heavy atom. The highest BCUT2D eigenvalue weighted by Crippen LogP contribution is 2.39. The van der Waals surface area contributed by atoms with Crippen LogP contribution in [-0.4, -0.2) is 47.3 Å². The van der Waals surface area contributed by atoms with E-state index in [-0.39, 0.29) is 6.42 Å². The van der Waals surface area contributed by atoms with E-state index in [0.29, 0.717) is 19.3 Å². The summed E-state index contributed by atoms with van der Waals surface area (Å²) in [7, 11) is 0. The van der Waals surface area contributed by atoms with Gasteiger partial charge < -0.3 is 10.0 Å². The standard InChI is InChI=1S/C13H17F4NO3/c14-8-3-1-2-7(4-8)11(19)18-5-9(12(20)21)10(6-18)13(15,16)17/h7-10H,1-6H2,(H,20,21)/t7?,8?,9-,10-/m1/s1. The quantitative estimate of drug-likeness (QED) is 0.796. The van der Waals surface area contributed by atoms with Gasteiger partial charge in [-0.15, -0.1) is 0 Å². The molecule has 2 fully saturated rings. The number of carboxylic acids is 1. The van der Waals surface area contributed by atoms with E-state index in [2.05, 4.69) is 0 Å². The minimum Gasteiger partial charge on any atom is -0.481 e. The lowest BCUT2D eigenvalue weighted by atomic mass is 9.87. The molecule has 8 heteroatoms. The van der Waals surface area contributed by atoms with Crippen molar-refractivity contribution in [3.8, 4) is 0 Å². The largest absolute Gasteiger partial charge is 0.481 e. The summed E-state index contributed by atoms with van der Waals surface area (Å²) in [4.78, 5) is 24.1. The number of carbonyl (C=O) groups excluding carboxylic acids is 1. The summed E-state index contributed by atoms with van der Waals surface area (Å²) in [6.45, 7) is -1.10. The molecule has 0 bridgehead atoms. The molecule has 0 radical (unpaired) electrons. The van der Waals surface area contributed by atoms with Crippen LogP contribution in [0.1, 0.15) is 25.7 Å². The van der Waals surface area contributed by atoms with Crippen molar-refractivity contribution in [1.82, 2.24) is 4.90 Å². The van der Waals surface area contributed by atoms with Crippen LogP contribution in [0, 0.1) is 17.8 Å². The Hall–Kier alpha value is -1.34. The molecule has 1 saturated carbocycles. The number of nitrogens with zero attached hydrogens (tertiary/aromatic N) is 1. The number of likely N-dealkylation sites (tertiary alicyclic amines) is 1. The van der Waals surface area contributed by atoms with Crippen molar-refractivity contribution in [3.05, 3.63) is 0 Å². The second-order valence-electron chi connectivity index (χ2n) is 5.80. The van der Waals surface area contributed by atoms with Crippen molar-refractivity contribution < 1.29 is 32.3 Å². The molecule has 1 amide bonds. The first-order chi connectivity index (χ1) is 9.70. The number of carbonyl (C=O) groups is 2. The molecule has 0 aromatic heterocycles. The van der Waals surface area contributed by atoms with Crippen LogP contribution in [0.4, 0.5) is 17.6 Å². The molecule has 4 atom stereocenters. The molecular weight excluding hydrogens is 294 g/mol. The van der Waals surface area contributed by atoms with E-state index in [1.807, 2.05) is 0 Å². The van der Waals surface area contributed by atoms with E-state index in [0.717, 1.165) is 4.90 Å². The number of carboxylic acid groups (broad SMARTS) is 1. The fourth-order valence-corrected chi connectivity index (χ4v) is 3.18. The maximum atomic E-state index is 13.3. The molecule has 1 N–H and O–H groups in total. The van der Waals surface area contributed by atoms with Crippen LogP contribution < -0.4 is 0 Å².